The summed E-state index contributed by atoms with van der Waals surface area (Å²) in [6.07, 6.45) is 11.5. The molecule has 1 N–H and O–H groups in total. The number of aldehydes is 1. The standard InChI is InChI=1S/C27H33N3O2/c1-3-4-5-6-7-16-32-26-14-12-22(13-15-26)24-18-29-27(30-19-24)23-10-8-21(9-11-23)17-25(20-31)28-2/h8-15,18-20,25,28H,3-7,16-17H2,1-2H3. The molecule has 0 saturated heterocycles. The molecule has 0 bridgehead atoms. The Balaban J connectivity index is 1.55. The van der Waals surface area contributed by atoms with Gasteiger partial charge in [0, 0.05) is 23.5 Å². The van der Waals surface area contributed by atoms with Crippen molar-refractivity contribution in [2.24, 2.45) is 0 Å². The van der Waals surface area contributed by atoms with Crippen molar-refractivity contribution in [2.75, 3.05) is 13.7 Å². The highest BCUT2D eigenvalue weighted by atomic mass is 16.5. The van der Waals surface area contributed by atoms with Crippen molar-refractivity contribution >= 4 is 6.29 Å². The topological polar surface area (TPSA) is 64.1 Å². The van der Waals surface area contributed by atoms with Crippen LogP contribution in [0.4, 0.5) is 0 Å². The van der Waals surface area contributed by atoms with Gasteiger partial charge in [0.05, 0.1) is 12.6 Å². The van der Waals surface area contributed by atoms with Gasteiger partial charge in [0.1, 0.15) is 12.0 Å². The molecule has 0 radical (unpaired) electrons. The Hall–Kier alpha value is -3.05. The Morgan fingerprint density at radius 2 is 1.53 bits per heavy atom. The largest absolute Gasteiger partial charge is 0.494 e. The normalized spacial score (nSPS) is 11.8. The fourth-order valence-electron chi connectivity index (χ4n) is 3.53. The van der Waals surface area contributed by atoms with Crippen molar-refractivity contribution in [3.05, 3.63) is 66.5 Å². The molecule has 0 amide bonds. The number of hydrogen-bond donors (Lipinski definition) is 1. The van der Waals surface area contributed by atoms with Crippen LogP contribution in [0.25, 0.3) is 22.5 Å². The molecule has 1 aromatic heterocycles. The minimum Gasteiger partial charge on any atom is -0.494 e. The van der Waals surface area contributed by atoms with Gasteiger partial charge in [0.2, 0.25) is 0 Å². The minimum absolute atomic E-state index is 0.168. The zero-order chi connectivity index (χ0) is 22.6. The van der Waals surface area contributed by atoms with Crippen molar-refractivity contribution in [3.8, 4) is 28.3 Å². The van der Waals surface area contributed by atoms with Gasteiger partial charge in [-0.25, -0.2) is 9.97 Å². The second-order valence-electron chi connectivity index (χ2n) is 8.01. The zero-order valence-electron chi connectivity index (χ0n) is 19.1. The van der Waals surface area contributed by atoms with Crippen molar-refractivity contribution in [3.63, 3.8) is 0 Å². The Bertz CT molecular complexity index is 938. The van der Waals surface area contributed by atoms with Gasteiger partial charge < -0.3 is 14.8 Å². The lowest BCUT2D eigenvalue weighted by Crippen LogP contribution is -2.28. The van der Waals surface area contributed by atoms with Crippen molar-refractivity contribution in [1.82, 2.24) is 15.3 Å². The van der Waals surface area contributed by atoms with Crippen molar-refractivity contribution < 1.29 is 9.53 Å². The maximum Gasteiger partial charge on any atom is 0.159 e. The van der Waals surface area contributed by atoms with Crippen molar-refractivity contribution in [1.29, 1.82) is 0 Å². The molecule has 5 heteroatoms. The Labute approximate surface area is 191 Å². The van der Waals surface area contributed by atoms with E-state index < -0.39 is 0 Å². The molecule has 0 fully saturated rings. The van der Waals surface area contributed by atoms with Crippen LogP contribution in [-0.2, 0) is 11.2 Å². The average molecular weight is 432 g/mol. The molecule has 0 aliphatic carbocycles. The van der Waals surface area contributed by atoms with Crippen LogP contribution in [-0.4, -0.2) is 36.0 Å². The van der Waals surface area contributed by atoms with E-state index in [-0.39, 0.29) is 6.04 Å². The number of carbonyl (C=O) groups excluding carboxylic acids is 1. The summed E-state index contributed by atoms with van der Waals surface area (Å²) < 4.78 is 5.85. The van der Waals surface area contributed by atoms with E-state index in [1.807, 2.05) is 60.9 Å². The molecular formula is C27H33N3O2. The summed E-state index contributed by atoms with van der Waals surface area (Å²) >= 11 is 0. The van der Waals surface area contributed by atoms with E-state index in [0.717, 1.165) is 47.3 Å². The first-order valence-electron chi connectivity index (χ1n) is 11.5. The number of hydrogen-bond acceptors (Lipinski definition) is 5. The van der Waals surface area contributed by atoms with Crippen LogP contribution in [0, 0.1) is 0 Å². The second kappa shape index (κ2) is 12.7. The number of likely N-dealkylation sites (N-methyl/N-ethyl adjacent to an activating group) is 1. The first-order valence-corrected chi connectivity index (χ1v) is 11.5. The van der Waals surface area contributed by atoms with Gasteiger partial charge in [0.25, 0.3) is 0 Å². The van der Waals surface area contributed by atoms with Gasteiger partial charge in [-0.15, -0.1) is 0 Å². The van der Waals surface area contributed by atoms with Gasteiger partial charge in [-0.05, 0) is 43.1 Å². The van der Waals surface area contributed by atoms with E-state index >= 15 is 0 Å². The quantitative estimate of drug-likeness (QED) is 0.286. The third-order valence-corrected chi connectivity index (χ3v) is 5.56. The minimum atomic E-state index is -0.168. The Morgan fingerprint density at radius 3 is 2.16 bits per heavy atom. The Morgan fingerprint density at radius 1 is 0.875 bits per heavy atom. The third kappa shape index (κ3) is 6.99. The molecule has 0 saturated carbocycles. The number of carbonyl (C=O) groups is 1. The molecule has 2 aromatic carbocycles. The predicted molar refractivity (Wildman–Crippen MR) is 130 cm³/mol. The number of nitrogens with zero attached hydrogens (tertiary/aromatic N) is 2. The molecule has 32 heavy (non-hydrogen) atoms. The van der Waals surface area contributed by atoms with E-state index in [0.29, 0.717) is 12.2 Å². The van der Waals surface area contributed by atoms with E-state index in [4.69, 9.17) is 4.74 Å². The second-order valence-corrected chi connectivity index (χ2v) is 8.01. The molecule has 1 heterocycles. The summed E-state index contributed by atoms with van der Waals surface area (Å²) in [6, 6.07) is 16.0. The highest BCUT2D eigenvalue weighted by Gasteiger charge is 2.07. The van der Waals surface area contributed by atoms with E-state index in [1.165, 1.54) is 25.7 Å². The van der Waals surface area contributed by atoms with Gasteiger partial charge in [-0.3, -0.25) is 0 Å². The van der Waals surface area contributed by atoms with Crippen LogP contribution in [0.15, 0.2) is 60.9 Å². The molecule has 0 aliphatic rings. The molecule has 5 nitrogen and oxygen atoms in total. The lowest BCUT2D eigenvalue weighted by atomic mass is 10.0. The smallest absolute Gasteiger partial charge is 0.159 e. The van der Waals surface area contributed by atoms with Crippen LogP contribution < -0.4 is 10.1 Å². The average Bonchev–Trinajstić information content (AvgIpc) is 2.85. The highest BCUT2D eigenvalue weighted by molar-refractivity contribution is 5.64. The number of unbranched alkanes of at least 4 members (excludes halogenated alkanes) is 4. The highest BCUT2D eigenvalue weighted by Crippen LogP contribution is 2.23. The molecular weight excluding hydrogens is 398 g/mol. The first kappa shape index (κ1) is 23.6. The summed E-state index contributed by atoms with van der Waals surface area (Å²) in [5.74, 6) is 1.58. The zero-order valence-corrected chi connectivity index (χ0v) is 19.1. The molecule has 3 rings (SSSR count). The predicted octanol–water partition coefficient (Wildman–Crippen LogP) is 5.49. The van der Waals surface area contributed by atoms with Crippen molar-refractivity contribution in [2.45, 2.75) is 51.5 Å². The summed E-state index contributed by atoms with van der Waals surface area (Å²) in [7, 11) is 1.79. The third-order valence-electron chi connectivity index (χ3n) is 5.56. The Kier molecular flexibility index (Phi) is 9.38. The van der Waals surface area contributed by atoms with E-state index in [2.05, 4.69) is 22.2 Å². The number of ether oxygens (including phenoxy) is 1. The number of benzene rings is 2. The summed E-state index contributed by atoms with van der Waals surface area (Å²) in [4.78, 5) is 20.1. The molecule has 0 spiro atoms. The number of nitrogens with one attached hydrogen (secondary N) is 1. The summed E-state index contributed by atoms with van der Waals surface area (Å²) in [5.41, 5.74) is 4.09. The van der Waals surface area contributed by atoms with Crippen LogP contribution >= 0.6 is 0 Å². The number of rotatable bonds is 13. The lowest BCUT2D eigenvalue weighted by molar-refractivity contribution is -0.109. The maximum atomic E-state index is 11.0. The lowest BCUT2D eigenvalue weighted by Gasteiger charge is -2.09. The molecule has 1 atom stereocenters. The van der Waals surface area contributed by atoms with Crippen LogP contribution in [0.2, 0.25) is 0 Å². The molecule has 168 valence electrons. The monoisotopic (exact) mass is 431 g/mol. The summed E-state index contributed by atoms with van der Waals surface area (Å²) in [6.45, 7) is 3.00. The summed E-state index contributed by atoms with van der Waals surface area (Å²) in [5, 5.41) is 2.99. The fourth-order valence-corrected chi connectivity index (χ4v) is 3.53. The first-order chi connectivity index (χ1) is 15.7. The fraction of sp³-hybridized carbons (Fsp3) is 0.370. The maximum absolute atomic E-state index is 11.0. The SMILES string of the molecule is CCCCCCCOc1ccc(-c2cnc(-c3ccc(CC(C=O)NC)cc3)nc2)cc1. The van der Waals surface area contributed by atoms with E-state index in [1.54, 1.807) is 7.05 Å². The van der Waals surface area contributed by atoms with Crippen LogP contribution in [0.1, 0.15) is 44.6 Å². The van der Waals surface area contributed by atoms with Gasteiger partial charge in [-0.1, -0.05) is 69.0 Å². The van der Waals surface area contributed by atoms with Crippen LogP contribution in [0.5, 0.6) is 5.75 Å². The molecule has 3 aromatic rings. The van der Waals surface area contributed by atoms with Gasteiger partial charge >= 0.3 is 0 Å². The van der Waals surface area contributed by atoms with Crippen LogP contribution in [0.3, 0.4) is 0 Å². The number of aromatic nitrogens is 2. The molecule has 1 unspecified atom stereocenters. The van der Waals surface area contributed by atoms with E-state index in [9.17, 15) is 4.79 Å². The molecule has 0 aliphatic heterocycles. The van der Waals surface area contributed by atoms with Gasteiger partial charge in [-0.2, -0.15) is 0 Å². The van der Waals surface area contributed by atoms with Gasteiger partial charge in [0.15, 0.2) is 5.82 Å².